The van der Waals surface area contributed by atoms with Crippen molar-refractivity contribution in [1.82, 2.24) is 15.0 Å². The fourth-order valence-corrected chi connectivity index (χ4v) is 4.02. The average molecular weight is 409 g/mol. The van der Waals surface area contributed by atoms with Gasteiger partial charge in [0, 0.05) is 35.3 Å². The lowest BCUT2D eigenvalue weighted by Crippen LogP contribution is -2.00. The third kappa shape index (κ3) is 3.56. The topological polar surface area (TPSA) is 65.0 Å². The molecule has 3 heterocycles. The number of benzene rings is 2. The van der Waals surface area contributed by atoms with E-state index in [1.165, 1.54) is 11.3 Å². The highest BCUT2D eigenvalue weighted by Crippen LogP contribution is 2.31. The number of ketones is 1. The van der Waals surface area contributed by atoms with Crippen LogP contribution in [0.3, 0.4) is 0 Å². The molecule has 0 radical (unpaired) electrons. The minimum Gasteiger partial charge on any atom is -0.438 e. The fraction of sp³-hybridized carbons (Fsp3) is 0. The number of thiazole rings is 1. The van der Waals surface area contributed by atoms with Crippen molar-refractivity contribution in [1.29, 1.82) is 0 Å². The summed E-state index contributed by atoms with van der Waals surface area (Å²) in [6.45, 7) is 0. The van der Waals surface area contributed by atoms with Crippen molar-refractivity contribution in [2.45, 2.75) is 0 Å². The zero-order valence-corrected chi connectivity index (χ0v) is 16.5. The summed E-state index contributed by atoms with van der Waals surface area (Å²) in [4.78, 5) is 25.8. The number of rotatable bonds is 5. The molecule has 0 aliphatic rings. The number of carbonyl (C=O) groups excluding carboxylic acids is 1. The van der Waals surface area contributed by atoms with Gasteiger partial charge in [0.15, 0.2) is 5.01 Å². The second-order valence-corrected chi connectivity index (χ2v) is 7.57. The molecule has 0 aliphatic heterocycles. The summed E-state index contributed by atoms with van der Waals surface area (Å²) in [5.74, 6) is 0.979. The monoisotopic (exact) mass is 409 g/mol. The number of aromatic nitrogens is 3. The normalized spacial score (nSPS) is 10.8. The first kappa shape index (κ1) is 18.1. The molecule has 0 amide bonds. The Morgan fingerprint density at radius 1 is 0.867 bits per heavy atom. The van der Waals surface area contributed by atoms with Gasteiger partial charge in [0.1, 0.15) is 5.75 Å². The highest BCUT2D eigenvalue weighted by atomic mass is 32.1. The van der Waals surface area contributed by atoms with Gasteiger partial charge in [-0.25, -0.2) is 9.97 Å². The molecule has 3 aromatic heterocycles. The Balaban J connectivity index is 1.39. The Bertz CT molecular complexity index is 1300. The maximum Gasteiger partial charge on any atom is 0.227 e. The maximum absolute atomic E-state index is 12.8. The minimum atomic E-state index is -0.100. The molecule has 5 nitrogen and oxygen atoms in total. The zero-order valence-electron chi connectivity index (χ0n) is 15.7. The van der Waals surface area contributed by atoms with Crippen LogP contribution in [0.1, 0.15) is 15.4 Å². The predicted molar refractivity (Wildman–Crippen MR) is 117 cm³/mol. The van der Waals surface area contributed by atoms with Gasteiger partial charge in [-0.05, 0) is 54.6 Å². The second kappa shape index (κ2) is 7.85. The SMILES string of the molecule is O=C(c1ccc(Oc2ncccc2-c2cccnc2)cc1)c1nc2ccccc2s1. The number of pyridine rings is 2. The van der Waals surface area contributed by atoms with Crippen LogP contribution in [0.2, 0.25) is 0 Å². The molecule has 0 N–H and O–H groups in total. The largest absolute Gasteiger partial charge is 0.438 e. The zero-order chi connectivity index (χ0) is 20.3. The van der Waals surface area contributed by atoms with Gasteiger partial charge >= 0.3 is 0 Å². The molecule has 30 heavy (non-hydrogen) atoms. The molecule has 0 spiro atoms. The van der Waals surface area contributed by atoms with E-state index in [4.69, 9.17) is 4.74 Å². The van der Waals surface area contributed by atoms with Crippen molar-refractivity contribution in [2.75, 3.05) is 0 Å². The summed E-state index contributed by atoms with van der Waals surface area (Å²) in [5.41, 5.74) is 3.17. The van der Waals surface area contributed by atoms with Crippen LogP contribution in [0.25, 0.3) is 21.3 Å². The molecule has 0 fully saturated rings. The highest BCUT2D eigenvalue weighted by Gasteiger charge is 2.15. The van der Waals surface area contributed by atoms with Crippen molar-refractivity contribution in [3.63, 3.8) is 0 Å². The van der Waals surface area contributed by atoms with Crippen LogP contribution in [0.5, 0.6) is 11.6 Å². The molecule has 2 aromatic carbocycles. The summed E-state index contributed by atoms with van der Waals surface area (Å²) in [6, 6.07) is 22.4. The molecule has 0 bridgehead atoms. The number of ether oxygens (including phenoxy) is 1. The number of fused-ring (bicyclic) bond motifs is 1. The summed E-state index contributed by atoms with van der Waals surface area (Å²) in [7, 11) is 0. The smallest absolute Gasteiger partial charge is 0.227 e. The lowest BCUT2D eigenvalue weighted by Gasteiger charge is -2.10. The average Bonchev–Trinajstić information content (AvgIpc) is 3.24. The van der Waals surface area contributed by atoms with E-state index in [2.05, 4.69) is 15.0 Å². The first-order valence-electron chi connectivity index (χ1n) is 9.31. The molecule has 144 valence electrons. The third-order valence-electron chi connectivity index (χ3n) is 4.56. The van der Waals surface area contributed by atoms with Gasteiger partial charge < -0.3 is 4.74 Å². The van der Waals surface area contributed by atoms with E-state index < -0.39 is 0 Å². The van der Waals surface area contributed by atoms with Gasteiger partial charge in [-0.15, -0.1) is 11.3 Å². The van der Waals surface area contributed by atoms with Gasteiger partial charge in [0.05, 0.1) is 10.2 Å². The molecule has 0 unspecified atom stereocenters. The molecule has 0 atom stereocenters. The Morgan fingerprint density at radius 3 is 2.50 bits per heavy atom. The van der Waals surface area contributed by atoms with Crippen molar-refractivity contribution >= 4 is 27.3 Å². The van der Waals surface area contributed by atoms with Gasteiger partial charge in [-0.2, -0.15) is 0 Å². The van der Waals surface area contributed by atoms with Crippen molar-refractivity contribution in [2.24, 2.45) is 0 Å². The standard InChI is InChI=1S/C24H15N3O2S/c28-22(24-27-20-7-1-2-8-21(20)30-24)16-9-11-18(12-10-16)29-23-19(6-4-14-26-23)17-5-3-13-25-15-17/h1-15H. The van der Waals surface area contributed by atoms with Crippen LogP contribution in [-0.2, 0) is 0 Å². The number of carbonyl (C=O) groups is 1. The van der Waals surface area contributed by atoms with E-state index in [-0.39, 0.29) is 5.78 Å². The Morgan fingerprint density at radius 2 is 1.70 bits per heavy atom. The van der Waals surface area contributed by atoms with E-state index in [1.54, 1.807) is 42.9 Å². The van der Waals surface area contributed by atoms with Crippen LogP contribution < -0.4 is 4.74 Å². The van der Waals surface area contributed by atoms with E-state index in [0.717, 1.165) is 21.3 Å². The molecule has 0 aliphatic carbocycles. The summed E-state index contributed by atoms with van der Waals surface area (Å²) < 4.78 is 6.99. The van der Waals surface area contributed by atoms with Gasteiger partial charge in [-0.3, -0.25) is 9.78 Å². The minimum absolute atomic E-state index is 0.100. The first-order valence-corrected chi connectivity index (χ1v) is 10.1. The lowest BCUT2D eigenvalue weighted by molar-refractivity contribution is 0.103. The van der Waals surface area contributed by atoms with Crippen LogP contribution in [0.15, 0.2) is 91.4 Å². The van der Waals surface area contributed by atoms with Crippen molar-refractivity contribution < 1.29 is 9.53 Å². The fourth-order valence-electron chi connectivity index (χ4n) is 3.09. The molecule has 5 aromatic rings. The summed E-state index contributed by atoms with van der Waals surface area (Å²) in [6.07, 6.45) is 5.17. The summed E-state index contributed by atoms with van der Waals surface area (Å²) in [5, 5.41) is 0.480. The molecule has 6 heteroatoms. The maximum atomic E-state index is 12.8. The van der Waals surface area contributed by atoms with Crippen molar-refractivity contribution in [3.05, 3.63) is 102 Å². The quantitative estimate of drug-likeness (QED) is 0.345. The molecule has 5 rings (SSSR count). The molecular weight excluding hydrogens is 394 g/mol. The third-order valence-corrected chi connectivity index (χ3v) is 5.60. The van der Waals surface area contributed by atoms with Crippen LogP contribution in [0, 0.1) is 0 Å². The van der Waals surface area contributed by atoms with E-state index in [1.807, 2.05) is 48.5 Å². The van der Waals surface area contributed by atoms with Gasteiger partial charge in [-0.1, -0.05) is 18.2 Å². The van der Waals surface area contributed by atoms with Crippen LogP contribution in [0.4, 0.5) is 0 Å². The Hall–Kier alpha value is -3.90. The Kier molecular flexibility index (Phi) is 4.75. The van der Waals surface area contributed by atoms with Crippen molar-refractivity contribution in [3.8, 4) is 22.8 Å². The molecular formula is C24H15N3O2S. The Labute approximate surface area is 176 Å². The van der Waals surface area contributed by atoms with E-state index in [9.17, 15) is 4.79 Å². The van der Waals surface area contributed by atoms with Gasteiger partial charge in [0.2, 0.25) is 11.7 Å². The lowest BCUT2D eigenvalue weighted by atomic mass is 10.1. The van der Waals surface area contributed by atoms with Gasteiger partial charge in [0.25, 0.3) is 0 Å². The number of hydrogen-bond acceptors (Lipinski definition) is 6. The first-order chi connectivity index (χ1) is 14.8. The highest BCUT2D eigenvalue weighted by molar-refractivity contribution is 7.20. The molecule has 0 saturated heterocycles. The number of hydrogen-bond donors (Lipinski definition) is 0. The van der Waals surface area contributed by atoms with E-state index >= 15 is 0 Å². The second-order valence-electron chi connectivity index (χ2n) is 6.54. The predicted octanol–water partition coefficient (Wildman–Crippen LogP) is 5.78. The number of para-hydroxylation sites is 1. The van der Waals surface area contributed by atoms with Crippen LogP contribution in [-0.4, -0.2) is 20.7 Å². The van der Waals surface area contributed by atoms with E-state index in [0.29, 0.717) is 22.2 Å². The summed E-state index contributed by atoms with van der Waals surface area (Å²) >= 11 is 1.40. The number of nitrogens with zero attached hydrogens (tertiary/aromatic N) is 3. The van der Waals surface area contributed by atoms with Crippen LogP contribution >= 0.6 is 11.3 Å². The molecule has 0 saturated carbocycles.